The van der Waals surface area contributed by atoms with Gasteiger partial charge in [-0.3, -0.25) is 14.5 Å². The van der Waals surface area contributed by atoms with Gasteiger partial charge >= 0.3 is 5.97 Å². The van der Waals surface area contributed by atoms with Crippen LogP contribution in [0.4, 0.5) is 0 Å². The van der Waals surface area contributed by atoms with E-state index in [-0.39, 0.29) is 36.0 Å². The molecule has 43 heavy (non-hydrogen) atoms. The van der Waals surface area contributed by atoms with Crippen molar-refractivity contribution in [1.82, 2.24) is 9.80 Å². The number of hydrogen-bond donors (Lipinski definition) is 0. The molecular formula is C36H42N2O5. The summed E-state index contributed by atoms with van der Waals surface area (Å²) in [5.74, 6) is 8.03. The molecule has 3 fully saturated rings. The number of piperidine rings is 1. The van der Waals surface area contributed by atoms with Crippen LogP contribution < -0.4 is 9.47 Å². The maximum Gasteiger partial charge on any atom is 0.303 e. The van der Waals surface area contributed by atoms with Crippen LogP contribution in [0.5, 0.6) is 11.5 Å². The van der Waals surface area contributed by atoms with E-state index in [0.717, 1.165) is 48.7 Å². The standard InChI is InChI=1S/C36H42N2O5/c1-23(2)21-38(31(40)15-12-25-8-6-5-7-9-25)28-16-17-36(43-24(3)39)30-20-27-13-14-29(41-4)33-32(27)35(36,34(28)42-33)18-19-37(30)22-26-10-11-26/h5-9,13-14,23,26,28,30,34H,10-11,16-22H2,1-4H3/t28-,30+,34-,35-,36+/m0/s1. The Hall–Kier alpha value is -3.50. The zero-order chi connectivity index (χ0) is 29.9. The number of benzene rings is 2. The smallest absolute Gasteiger partial charge is 0.303 e. The van der Waals surface area contributed by atoms with Crippen molar-refractivity contribution in [1.29, 1.82) is 0 Å². The molecule has 226 valence electrons. The maximum atomic E-state index is 14.0. The number of carbonyl (C=O) groups excluding carboxylic acids is 2. The monoisotopic (exact) mass is 582 g/mol. The Balaban J connectivity index is 1.36. The van der Waals surface area contributed by atoms with Crippen LogP contribution in [0.25, 0.3) is 0 Å². The summed E-state index contributed by atoms with van der Waals surface area (Å²) in [4.78, 5) is 31.5. The molecule has 0 radical (unpaired) electrons. The summed E-state index contributed by atoms with van der Waals surface area (Å²) in [5, 5.41) is 0. The molecule has 7 rings (SSSR count). The first-order valence-corrected chi connectivity index (χ1v) is 16.0. The molecule has 2 aromatic rings. The molecule has 7 heteroatoms. The molecule has 3 aliphatic carbocycles. The highest BCUT2D eigenvalue weighted by Crippen LogP contribution is 2.67. The Bertz CT molecular complexity index is 1490. The largest absolute Gasteiger partial charge is 0.493 e. The second-order valence-electron chi connectivity index (χ2n) is 13.6. The Kier molecular flexibility index (Phi) is 6.97. The minimum absolute atomic E-state index is 0.0665. The normalized spacial score (nSPS) is 30.0. The van der Waals surface area contributed by atoms with Crippen LogP contribution in [0.2, 0.25) is 0 Å². The van der Waals surface area contributed by atoms with Crippen molar-refractivity contribution in [3.05, 3.63) is 59.2 Å². The van der Waals surface area contributed by atoms with Crippen molar-refractivity contribution >= 4 is 11.9 Å². The van der Waals surface area contributed by atoms with Gasteiger partial charge in [0.05, 0.1) is 24.6 Å². The number of carbonyl (C=O) groups is 2. The summed E-state index contributed by atoms with van der Waals surface area (Å²) in [6, 6.07) is 13.7. The topological polar surface area (TPSA) is 68.3 Å². The zero-order valence-electron chi connectivity index (χ0n) is 25.7. The third-order valence-corrected chi connectivity index (χ3v) is 10.5. The molecule has 0 N–H and O–H groups in total. The summed E-state index contributed by atoms with van der Waals surface area (Å²) < 4.78 is 19.6. The van der Waals surface area contributed by atoms with Crippen LogP contribution in [0.3, 0.4) is 0 Å². The van der Waals surface area contributed by atoms with Crippen molar-refractivity contribution in [2.75, 3.05) is 26.7 Å². The first-order valence-electron chi connectivity index (χ1n) is 16.0. The highest BCUT2D eigenvalue weighted by molar-refractivity contribution is 5.94. The van der Waals surface area contributed by atoms with Gasteiger partial charge in [-0.2, -0.15) is 0 Å². The third kappa shape index (κ3) is 4.44. The van der Waals surface area contributed by atoms with E-state index in [1.165, 1.54) is 18.4 Å². The Morgan fingerprint density at radius 3 is 2.60 bits per heavy atom. The van der Waals surface area contributed by atoms with E-state index in [9.17, 15) is 9.59 Å². The number of esters is 1. The van der Waals surface area contributed by atoms with E-state index in [2.05, 4.69) is 36.7 Å². The highest BCUT2D eigenvalue weighted by Gasteiger charge is 2.76. The van der Waals surface area contributed by atoms with E-state index in [0.29, 0.717) is 25.1 Å². The highest BCUT2D eigenvalue weighted by atomic mass is 16.6. The number of hydrogen-bond acceptors (Lipinski definition) is 6. The van der Waals surface area contributed by atoms with Crippen molar-refractivity contribution in [3.8, 4) is 23.3 Å². The van der Waals surface area contributed by atoms with Crippen molar-refractivity contribution in [2.45, 2.75) is 88.5 Å². The number of ether oxygens (including phenoxy) is 3. The van der Waals surface area contributed by atoms with Crippen LogP contribution in [-0.4, -0.2) is 72.2 Å². The fourth-order valence-electron chi connectivity index (χ4n) is 8.84. The predicted molar refractivity (Wildman–Crippen MR) is 163 cm³/mol. The summed E-state index contributed by atoms with van der Waals surface area (Å²) in [6.45, 7) is 8.34. The van der Waals surface area contributed by atoms with Gasteiger partial charge in [0.25, 0.3) is 5.91 Å². The second kappa shape index (κ2) is 10.6. The van der Waals surface area contributed by atoms with Crippen molar-refractivity contribution < 1.29 is 23.8 Å². The number of nitrogens with zero attached hydrogens (tertiary/aromatic N) is 2. The summed E-state index contributed by atoms with van der Waals surface area (Å²) in [7, 11) is 1.68. The van der Waals surface area contributed by atoms with Gasteiger partial charge < -0.3 is 19.1 Å². The zero-order valence-corrected chi connectivity index (χ0v) is 25.7. The minimum Gasteiger partial charge on any atom is -0.493 e. The summed E-state index contributed by atoms with van der Waals surface area (Å²) in [6.07, 6.45) is 5.13. The summed E-state index contributed by atoms with van der Waals surface area (Å²) in [5.41, 5.74) is 1.88. The van der Waals surface area contributed by atoms with Crippen molar-refractivity contribution in [3.63, 3.8) is 0 Å². The van der Waals surface area contributed by atoms with Gasteiger partial charge in [-0.15, -0.1) is 0 Å². The minimum atomic E-state index is -0.736. The lowest BCUT2D eigenvalue weighted by atomic mass is 9.48. The fourth-order valence-corrected chi connectivity index (χ4v) is 8.84. The SMILES string of the molecule is COc1ccc2c3c1O[C@H]1[C@@H](N(CC(C)C)C(=O)C#Cc4ccccc4)CC[C@@]4(OC(C)=O)[C@@H](C2)N(CC2CC2)CC[C@]314. The molecule has 2 aromatic carbocycles. The molecule has 7 nitrogen and oxygen atoms in total. The molecule has 2 saturated carbocycles. The van der Waals surface area contributed by atoms with Gasteiger partial charge in [-0.05, 0) is 80.7 Å². The predicted octanol–water partition coefficient (Wildman–Crippen LogP) is 4.74. The van der Waals surface area contributed by atoms with E-state index >= 15 is 0 Å². The van der Waals surface area contributed by atoms with E-state index in [4.69, 9.17) is 14.2 Å². The quantitative estimate of drug-likeness (QED) is 0.347. The lowest BCUT2D eigenvalue weighted by Crippen LogP contribution is -2.79. The van der Waals surface area contributed by atoms with Crippen LogP contribution in [0, 0.1) is 23.7 Å². The van der Waals surface area contributed by atoms with E-state index in [1.54, 1.807) is 14.0 Å². The van der Waals surface area contributed by atoms with Crippen LogP contribution in [-0.2, 0) is 26.2 Å². The van der Waals surface area contributed by atoms with Crippen LogP contribution in [0.15, 0.2) is 42.5 Å². The van der Waals surface area contributed by atoms with Gasteiger partial charge in [-0.25, -0.2) is 0 Å². The molecule has 1 amide bonds. The molecule has 2 aliphatic heterocycles. The van der Waals surface area contributed by atoms with Crippen LogP contribution in [0.1, 0.15) is 69.6 Å². The third-order valence-electron chi connectivity index (χ3n) is 10.5. The Morgan fingerprint density at radius 1 is 1.12 bits per heavy atom. The van der Waals surface area contributed by atoms with E-state index in [1.807, 2.05) is 41.3 Å². The van der Waals surface area contributed by atoms with Crippen LogP contribution >= 0.6 is 0 Å². The number of rotatable bonds is 7. The molecule has 5 atom stereocenters. The molecule has 0 aromatic heterocycles. The van der Waals surface area contributed by atoms with E-state index < -0.39 is 11.0 Å². The first-order chi connectivity index (χ1) is 20.8. The fraction of sp³-hybridized carbons (Fsp3) is 0.556. The lowest BCUT2D eigenvalue weighted by molar-refractivity contribution is -0.224. The Morgan fingerprint density at radius 2 is 1.91 bits per heavy atom. The molecular weight excluding hydrogens is 540 g/mol. The molecule has 2 heterocycles. The van der Waals surface area contributed by atoms with Gasteiger partial charge in [0.15, 0.2) is 11.5 Å². The number of methoxy groups -OCH3 is 1. The first kappa shape index (κ1) is 28.3. The molecule has 5 aliphatic rings. The molecule has 2 bridgehead atoms. The van der Waals surface area contributed by atoms with Gasteiger partial charge in [-0.1, -0.05) is 44.0 Å². The van der Waals surface area contributed by atoms with Crippen molar-refractivity contribution in [2.24, 2.45) is 11.8 Å². The Labute approximate surface area is 254 Å². The second-order valence-corrected chi connectivity index (χ2v) is 13.6. The maximum absolute atomic E-state index is 14.0. The van der Waals surface area contributed by atoms with Gasteiger partial charge in [0.2, 0.25) is 0 Å². The lowest BCUT2D eigenvalue weighted by Gasteiger charge is -2.65. The number of likely N-dealkylation sites (tertiary alicyclic amines) is 1. The molecule has 0 unspecified atom stereocenters. The van der Waals surface area contributed by atoms with Gasteiger partial charge in [0, 0.05) is 37.1 Å². The number of amides is 1. The average Bonchev–Trinajstić information content (AvgIpc) is 3.73. The summed E-state index contributed by atoms with van der Waals surface area (Å²) >= 11 is 0. The average molecular weight is 583 g/mol. The molecule has 1 saturated heterocycles. The molecule has 1 spiro atoms. The van der Waals surface area contributed by atoms with Gasteiger partial charge in [0.1, 0.15) is 11.7 Å².